The first-order valence-corrected chi connectivity index (χ1v) is 10.9. The fourth-order valence-electron chi connectivity index (χ4n) is 5.77. The number of nitriles is 1. The number of fused-ring (bicyclic) bond motifs is 4. The second kappa shape index (κ2) is 8.10. The molecule has 2 bridgehead atoms. The quantitative estimate of drug-likeness (QED) is 0.419. The molecule has 0 aromatic carbocycles. The van der Waals surface area contributed by atoms with Crippen molar-refractivity contribution in [2.75, 3.05) is 20.8 Å². The monoisotopic (exact) mass is 507 g/mol. The molecule has 0 saturated carbocycles. The van der Waals surface area contributed by atoms with Gasteiger partial charge in [-0.15, -0.1) is 0 Å². The number of esters is 1. The van der Waals surface area contributed by atoms with Gasteiger partial charge in [-0.1, -0.05) is 0 Å². The molecular weight excluding hydrogens is 486 g/mol. The number of carbonyl (C=O) groups is 4. The third-order valence-electron chi connectivity index (χ3n) is 7.02. The number of carboxylic acid groups (broad SMARTS) is 1. The zero-order valence-corrected chi connectivity index (χ0v) is 19.3. The van der Waals surface area contributed by atoms with Crippen molar-refractivity contribution in [2.45, 2.75) is 50.0 Å². The fraction of sp³-hybridized carbons (Fsp3) is 0.571. The van der Waals surface area contributed by atoms with Crippen molar-refractivity contribution in [1.29, 1.82) is 5.26 Å². The number of carbonyl (C=O) groups excluding carboxylic acids is 3. The van der Waals surface area contributed by atoms with Gasteiger partial charge in [0.1, 0.15) is 17.1 Å². The third-order valence-corrected chi connectivity index (χ3v) is 7.74. The summed E-state index contributed by atoms with van der Waals surface area (Å²) in [6.45, 7) is 1.00. The lowest BCUT2D eigenvalue weighted by atomic mass is 9.76. The molecule has 3 heterocycles. The van der Waals surface area contributed by atoms with E-state index in [1.807, 2.05) is 4.90 Å². The van der Waals surface area contributed by atoms with Crippen LogP contribution >= 0.6 is 15.9 Å². The van der Waals surface area contributed by atoms with E-state index in [2.05, 4.69) is 22.0 Å². The average Bonchev–Trinajstić information content (AvgIpc) is 2.99. The summed E-state index contributed by atoms with van der Waals surface area (Å²) in [6, 6.07) is -0.695. The number of nitrogens with zero attached hydrogens (tertiary/aromatic N) is 3. The lowest BCUT2D eigenvalue weighted by molar-refractivity contribution is -0.146. The molecule has 170 valence electrons. The van der Waals surface area contributed by atoms with E-state index in [0.717, 1.165) is 0 Å². The number of hydrogen-bond acceptors (Lipinski definition) is 9. The molecule has 4 aliphatic rings. The van der Waals surface area contributed by atoms with Crippen LogP contribution in [-0.2, 0) is 28.7 Å². The summed E-state index contributed by atoms with van der Waals surface area (Å²) in [5.74, 6) is -3.32. The Morgan fingerprint density at radius 2 is 1.97 bits per heavy atom. The van der Waals surface area contributed by atoms with Gasteiger partial charge in [0.05, 0.1) is 25.1 Å². The summed E-state index contributed by atoms with van der Waals surface area (Å²) in [5, 5.41) is 19.9. The molecule has 0 radical (unpaired) electrons. The molecule has 4 rings (SSSR count). The van der Waals surface area contributed by atoms with Gasteiger partial charge in [-0.3, -0.25) is 29.0 Å². The Balaban J connectivity index is 1.88. The van der Waals surface area contributed by atoms with E-state index >= 15 is 0 Å². The highest BCUT2D eigenvalue weighted by Crippen LogP contribution is 2.48. The molecule has 1 aliphatic carbocycles. The first-order chi connectivity index (χ1) is 15.1. The van der Waals surface area contributed by atoms with Crippen molar-refractivity contribution in [1.82, 2.24) is 9.80 Å². The maximum absolute atomic E-state index is 13.3. The average molecular weight is 508 g/mol. The molecule has 0 aromatic rings. The number of likely N-dealkylation sites (N-methyl/N-ethyl adjacent to an activating group) is 1. The minimum Gasteiger partial charge on any atom is -0.491 e. The van der Waals surface area contributed by atoms with Crippen molar-refractivity contribution >= 4 is 39.4 Å². The van der Waals surface area contributed by atoms with Crippen LogP contribution in [0.25, 0.3) is 0 Å². The molecule has 1 unspecified atom stereocenters. The first kappa shape index (κ1) is 22.6. The number of methoxy groups -OCH3 is 1. The number of allylic oxidation sites excluding steroid dienone is 2. The standard InChI is InChI=1S/C21H22BrN3O7/c1-8(26)32-7-14-15-9(18(27)20(31-3)16(22)19(15)28)4-12-17-10(21(29)30)5-11(24(17)2)13(6-23)25(12)14/h10-14,17H,4-5,7H2,1-3H3,(H,29,30)/t10-,11+,12+,13?,14+,17-/m1/s1. The predicted molar refractivity (Wildman–Crippen MR) is 111 cm³/mol. The lowest BCUT2D eigenvalue weighted by Crippen LogP contribution is -2.69. The van der Waals surface area contributed by atoms with Crippen LogP contribution in [0.3, 0.4) is 0 Å². The zero-order valence-electron chi connectivity index (χ0n) is 17.7. The van der Waals surface area contributed by atoms with E-state index in [9.17, 15) is 29.5 Å². The minimum absolute atomic E-state index is 0.0240. The highest BCUT2D eigenvalue weighted by molar-refractivity contribution is 9.12. The third kappa shape index (κ3) is 3.12. The maximum atomic E-state index is 13.3. The van der Waals surface area contributed by atoms with E-state index < -0.39 is 53.6 Å². The van der Waals surface area contributed by atoms with Crippen LogP contribution in [0.2, 0.25) is 0 Å². The van der Waals surface area contributed by atoms with Gasteiger partial charge in [0.2, 0.25) is 11.6 Å². The molecule has 3 aliphatic heterocycles. The number of rotatable bonds is 4. The van der Waals surface area contributed by atoms with E-state index in [-0.39, 0.29) is 46.9 Å². The van der Waals surface area contributed by atoms with Crippen LogP contribution in [0, 0.1) is 17.2 Å². The molecule has 32 heavy (non-hydrogen) atoms. The van der Waals surface area contributed by atoms with Gasteiger partial charge in [-0.2, -0.15) is 5.26 Å². The van der Waals surface area contributed by atoms with Crippen molar-refractivity contribution < 1.29 is 33.8 Å². The SMILES string of the molecule is COC1=C(Br)C(=O)C2=C(C[C@H]3[C@H]4[C@H](C(=O)O)C[C@@H](C(C#N)N3[C@H]2COC(C)=O)N4C)C1=O. The Labute approximate surface area is 192 Å². The summed E-state index contributed by atoms with van der Waals surface area (Å²) in [7, 11) is 3.08. The Bertz CT molecular complexity index is 1030. The zero-order chi connectivity index (χ0) is 23.5. The molecule has 0 aromatic heterocycles. The van der Waals surface area contributed by atoms with E-state index in [1.54, 1.807) is 11.9 Å². The largest absolute Gasteiger partial charge is 0.491 e. The molecule has 10 nitrogen and oxygen atoms in total. The summed E-state index contributed by atoms with van der Waals surface area (Å²) in [4.78, 5) is 53.8. The smallest absolute Gasteiger partial charge is 0.308 e. The second-order valence-electron chi connectivity index (χ2n) is 8.41. The molecule has 6 atom stereocenters. The number of piperazine rings is 1. The Morgan fingerprint density at radius 3 is 2.53 bits per heavy atom. The number of ether oxygens (including phenoxy) is 2. The highest BCUT2D eigenvalue weighted by Gasteiger charge is 2.61. The maximum Gasteiger partial charge on any atom is 0.308 e. The van der Waals surface area contributed by atoms with Crippen LogP contribution in [0.5, 0.6) is 0 Å². The van der Waals surface area contributed by atoms with Gasteiger partial charge < -0.3 is 14.6 Å². The summed E-state index contributed by atoms with van der Waals surface area (Å²) in [5.41, 5.74) is 0.379. The second-order valence-corrected chi connectivity index (χ2v) is 9.21. The van der Waals surface area contributed by atoms with Gasteiger partial charge >= 0.3 is 11.9 Å². The van der Waals surface area contributed by atoms with Crippen LogP contribution < -0.4 is 0 Å². The van der Waals surface area contributed by atoms with Gasteiger partial charge in [0, 0.05) is 36.2 Å². The van der Waals surface area contributed by atoms with E-state index in [4.69, 9.17) is 9.47 Å². The number of Topliss-reactive ketones (excluding diaryl/α,β-unsaturated/α-hetero) is 2. The van der Waals surface area contributed by atoms with Gasteiger partial charge in [0.25, 0.3) is 0 Å². The number of halogens is 1. The number of aliphatic carboxylic acids is 1. The molecule has 0 amide bonds. The Kier molecular flexibility index (Phi) is 5.73. The van der Waals surface area contributed by atoms with Gasteiger partial charge in [-0.05, 0) is 35.8 Å². The molecule has 2 saturated heterocycles. The van der Waals surface area contributed by atoms with E-state index in [1.165, 1.54) is 14.0 Å². The van der Waals surface area contributed by atoms with E-state index in [0.29, 0.717) is 0 Å². The van der Waals surface area contributed by atoms with Crippen molar-refractivity contribution in [2.24, 2.45) is 5.92 Å². The molecule has 2 fully saturated rings. The Hall–Kier alpha value is -2.55. The number of ketones is 2. The number of hydrogen-bond donors (Lipinski definition) is 1. The topological polar surface area (TPSA) is 137 Å². The first-order valence-electron chi connectivity index (χ1n) is 10.1. The molecule has 0 spiro atoms. The molecule has 11 heteroatoms. The van der Waals surface area contributed by atoms with Crippen molar-refractivity contribution in [3.8, 4) is 6.07 Å². The molecular formula is C21H22BrN3O7. The van der Waals surface area contributed by atoms with Crippen molar-refractivity contribution in [3.05, 3.63) is 21.4 Å². The fourth-order valence-corrected chi connectivity index (χ4v) is 6.33. The number of carboxylic acids is 1. The minimum atomic E-state index is -0.967. The lowest BCUT2D eigenvalue weighted by Gasteiger charge is -2.54. The van der Waals surface area contributed by atoms with Crippen LogP contribution in [0.15, 0.2) is 21.4 Å². The highest BCUT2D eigenvalue weighted by atomic mass is 79.9. The summed E-state index contributed by atoms with van der Waals surface area (Å²) >= 11 is 3.16. The predicted octanol–water partition coefficient (Wildman–Crippen LogP) is 0.373. The molecule has 1 N–H and O–H groups in total. The normalized spacial score (nSPS) is 34.7. The summed E-state index contributed by atoms with van der Waals surface area (Å²) < 4.78 is 10.4. The van der Waals surface area contributed by atoms with Crippen molar-refractivity contribution in [3.63, 3.8) is 0 Å². The van der Waals surface area contributed by atoms with Crippen LogP contribution in [0.4, 0.5) is 0 Å². The van der Waals surface area contributed by atoms with Gasteiger partial charge in [0.15, 0.2) is 5.76 Å². The summed E-state index contributed by atoms with van der Waals surface area (Å²) in [6.07, 6.45) is 0.368. The Morgan fingerprint density at radius 1 is 1.28 bits per heavy atom. The van der Waals surface area contributed by atoms with Gasteiger partial charge in [-0.25, -0.2) is 0 Å². The van der Waals surface area contributed by atoms with Crippen LogP contribution in [0.1, 0.15) is 19.8 Å². The van der Waals surface area contributed by atoms with Crippen LogP contribution in [-0.4, -0.2) is 89.4 Å².